The highest BCUT2D eigenvalue weighted by Gasteiger charge is 2.22. The molecule has 1 atom stereocenters. The van der Waals surface area contributed by atoms with Gasteiger partial charge in [-0.15, -0.1) is 0 Å². The third kappa shape index (κ3) is 5.16. The van der Waals surface area contributed by atoms with Gasteiger partial charge in [0.1, 0.15) is 6.04 Å². The van der Waals surface area contributed by atoms with E-state index in [0.29, 0.717) is 6.04 Å². The molecule has 5 rings (SSSR count). The highest BCUT2D eigenvalue weighted by atomic mass is 32.2. The van der Waals surface area contributed by atoms with Crippen molar-refractivity contribution in [3.63, 3.8) is 0 Å². The fraction of sp³-hybridized carbons (Fsp3) is 0.429. The summed E-state index contributed by atoms with van der Waals surface area (Å²) in [6.45, 7) is 10.1. The van der Waals surface area contributed by atoms with E-state index in [0.717, 1.165) is 54.2 Å². The first-order valence-electron chi connectivity index (χ1n) is 12.9. The molecule has 1 unspecified atom stereocenters. The molecule has 0 aliphatic carbocycles. The molecule has 8 heteroatoms. The molecule has 3 aromatic rings. The maximum Gasteiger partial charge on any atom is 0.247 e. The Morgan fingerprint density at radius 1 is 1.11 bits per heavy atom. The van der Waals surface area contributed by atoms with E-state index in [1.54, 1.807) is 0 Å². The van der Waals surface area contributed by atoms with Crippen LogP contribution in [0.2, 0.25) is 0 Å². The van der Waals surface area contributed by atoms with Crippen LogP contribution in [-0.4, -0.2) is 53.2 Å². The van der Waals surface area contributed by atoms with E-state index < -0.39 is 0 Å². The molecule has 190 valence electrons. The summed E-state index contributed by atoms with van der Waals surface area (Å²) < 4.78 is 4.54. The number of carbonyl (C=O) groups is 1. The summed E-state index contributed by atoms with van der Waals surface area (Å²) in [4.78, 5) is 14.6. The molecule has 0 spiro atoms. The molecular formula is C28H36N6OS. The van der Waals surface area contributed by atoms with Gasteiger partial charge in [-0.3, -0.25) is 4.79 Å². The summed E-state index contributed by atoms with van der Waals surface area (Å²) in [5.74, 6) is -0.0550. The van der Waals surface area contributed by atoms with E-state index in [9.17, 15) is 4.79 Å². The summed E-state index contributed by atoms with van der Waals surface area (Å²) in [7, 11) is 0. The average Bonchev–Trinajstić information content (AvgIpc) is 3.18. The molecule has 2 saturated heterocycles. The predicted octanol–water partition coefficient (Wildman–Crippen LogP) is 5.33. The monoisotopic (exact) mass is 504 g/mol. The third-order valence-corrected chi connectivity index (χ3v) is 8.39. The van der Waals surface area contributed by atoms with Crippen LogP contribution in [0.15, 0.2) is 41.4 Å². The summed E-state index contributed by atoms with van der Waals surface area (Å²) in [5, 5.41) is 18.9. The lowest BCUT2D eigenvalue weighted by atomic mass is 10.1. The number of nitrogens with one attached hydrogen (secondary N) is 4. The average molecular weight is 505 g/mol. The van der Waals surface area contributed by atoms with E-state index in [1.807, 2.05) is 37.9 Å². The molecule has 4 N–H and O–H groups in total. The van der Waals surface area contributed by atoms with Gasteiger partial charge < -0.3 is 25.9 Å². The van der Waals surface area contributed by atoms with Crippen molar-refractivity contribution in [2.24, 2.45) is 0 Å². The van der Waals surface area contributed by atoms with Crippen LogP contribution >= 0.6 is 11.9 Å². The van der Waals surface area contributed by atoms with Crippen molar-refractivity contribution < 1.29 is 4.79 Å². The molecule has 1 aromatic heterocycles. The van der Waals surface area contributed by atoms with Crippen molar-refractivity contribution in [1.29, 1.82) is 5.41 Å². The minimum Gasteiger partial charge on any atom is -0.379 e. The van der Waals surface area contributed by atoms with E-state index in [-0.39, 0.29) is 11.9 Å². The topological polar surface area (TPSA) is 85.2 Å². The Balaban J connectivity index is 1.34. The van der Waals surface area contributed by atoms with Gasteiger partial charge in [0, 0.05) is 71.3 Å². The minimum atomic E-state index is -0.365. The van der Waals surface area contributed by atoms with Crippen LogP contribution in [0.25, 0.3) is 10.9 Å². The Hall–Kier alpha value is -2.81. The number of aromatic nitrogens is 1. The third-order valence-electron chi connectivity index (χ3n) is 7.30. The molecule has 0 radical (unpaired) electrons. The Kier molecular flexibility index (Phi) is 7.37. The molecule has 2 aliphatic heterocycles. The number of aryl methyl sites for hydroxylation is 2. The quantitative estimate of drug-likeness (QED) is 0.246. The van der Waals surface area contributed by atoms with E-state index >= 15 is 0 Å². The molecule has 0 bridgehead atoms. The van der Waals surface area contributed by atoms with Crippen LogP contribution in [-0.2, 0) is 4.79 Å². The van der Waals surface area contributed by atoms with Crippen LogP contribution in [0.1, 0.15) is 48.9 Å². The number of rotatable bonds is 8. The number of benzene rings is 2. The second-order valence-electron chi connectivity index (χ2n) is 10.0. The smallest absolute Gasteiger partial charge is 0.247 e. The van der Waals surface area contributed by atoms with E-state index in [2.05, 4.69) is 56.1 Å². The number of hydrogen-bond donors (Lipinski definition) is 4. The second-order valence-corrected chi connectivity index (χ2v) is 11.2. The SMILES string of the molecule is Cc1cc(C=N)c(NC2CNC2)cc1NC(=O)C(C)n1cc(C)c2cc(SN3CCCCC3)ccc21. The molecular weight excluding hydrogens is 468 g/mol. The lowest BCUT2D eigenvalue weighted by Crippen LogP contribution is -2.51. The minimum absolute atomic E-state index is 0.0550. The lowest BCUT2D eigenvalue weighted by molar-refractivity contribution is -0.118. The van der Waals surface area contributed by atoms with Gasteiger partial charge in [-0.05, 0) is 87.0 Å². The number of anilines is 2. The molecule has 2 fully saturated rings. The molecule has 1 amide bonds. The van der Waals surface area contributed by atoms with Crippen molar-refractivity contribution in [3.8, 4) is 0 Å². The summed E-state index contributed by atoms with van der Waals surface area (Å²) in [5.41, 5.74) is 5.69. The van der Waals surface area contributed by atoms with Crippen LogP contribution in [0.4, 0.5) is 11.4 Å². The number of piperidine rings is 1. The lowest BCUT2D eigenvalue weighted by Gasteiger charge is -2.30. The van der Waals surface area contributed by atoms with Gasteiger partial charge in [0.15, 0.2) is 0 Å². The normalized spacial score (nSPS) is 17.5. The van der Waals surface area contributed by atoms with Gasteiger partial charge >= 0.3 is 0 Å². The van der Waals surface area contributed by atoms with Crippen LogP contribution in [0, 0.1) is 19.3 Å². The highest BCUT2D eigenvalue weighted by molar-refractivity contribution is 7.97. The predicted molar refractivity (Wildman–Crippen MR) is 151 cm³/mol. The Morgan fingerprint density at radius 2 is 1.89 bits per heavy atom. The van der Waals surface area contributed by atoms with Crippen molar-refractivity contribution in [2.45, 2.75) is 57.0 Å². The van der Waals surface area contributed by atoms with E-state index in [1.165, 1.54) is 41.3 Å². The fourth-order valence-corrected chi connectivity index (χ4v) is 6.01. The zero-order chi connectivity index (χ0) is 25.2. The standard InChI is InChI=1S/C28H36N6OS/c1-18-11-21(14-29)26(31-22-15-30-16-22)13-25(18)32-28(35)20(3)34-17-19(2)24-12-23(7-8-27(24)34)36-33-9-5-4-6-10-33/h7-8,11-14,17,20,22,29-31H,4-6,9-10,15-16H2,1-3H3,(H,32,35). The van der Waals surface area contributed by atoms with Gasteiger partial charge in [-0.2, -0.15) is 0 Å². The zero-order valence-corrected chi connectivity index (χ0v) is 22.2. The number of fused-ring (bicyclic) bond motifs is 1. The van der Waals surface area contributed by atoms with E-state index in [4.69, 9.17) is 5.41 Å². The van der Waals surface area contributed by atoms with Crippen LogP contribution in [0.5, 0.6) is 0 Å². The van der Waals surface area contributed by atoms with Gasteiger partial charge in [0.2, 0.25) is 5.91 Å². The van der Waals surface area contributed by atoms with Crippen LogP contribution in [0.3, 0.4) is 0 Å². The Bertz CT molecular complexity index is 1270. The fourth-order valence-electron chi connectivity index (χ4n) is 4.97. The Morgan fingerprint density at radius 3 is 2.58 bits per heavy atom. The molecule has 36 heavy (non-hydrogen) atoms. The van der Waals surface area contributed by atoms with Gasteiger partial charge in [-0.25, -0.2) is 4.31 Å². The molecule has 0 saturated carbocycles. The first-order chi connectivity index (χ1) is 17.4. The summed E-state index contributed by atoms with van der Waals surface area (Å²) >= 11 is 1.85. The van der Waals surface area contributed by atoms with Gasteiger partial charge in [0.05, 0.1) is 6.04 Å². The zero-order valence-electron chi connectivity index (χ0n) is 21.4. The maximum atomic E-state index is 13.4. The maximum absolute atomic E-state index is 13.4. The van der Waals surface area contributed by atoms with Crippen molar-refractivity contribution in [2.75, 3.05) is 36.8 Å². The van der Waals surface area contributed by atoms with Gasteiger partial charge in [-0.1, -0.05) is 6.42 Å². The number of carbonyl (C=O) groups excluding carboxylic acids is 1. The van der Waals surface area contributed by atoms with Crippen molar-refractivity contribution in [3.05, 3.63) is 53.2 Å². The Labute approximate surface area is 217 Å². The molecule has 2 aliphatic rings. The first kappa shape index (κ1) is 24.9. The van der Waals surface area contributed by atoms with Gasteiger partial charge in [0.25, 0.3) is 0 Å². The number of amides is 1. The first-order valence-corrected chi connectivity index (χ1v) is 13.7. The number of nitrogens with zero attached hydrogens (tertiary/aromatic N) is 2. The second kappa shape index (κ2) is 10.7. The van der Waals surface area contributed by atoms with Crippen LogP contribution < -0.4 is 16.0 Å². The highest BCUT2D eigenvalue weighted by Crippen LogP contribution is 2.33. The van der Waals surface area contributed by atoms with Crippen molar-refractivity contribution >= 4 is 46.3 Å². The largest absolute Gasteiger partial charge is 0.379 e. The number of hydrogen-bond acceptors (Lipinski definition) is 6. The molecule has 7 nitrogen and oxygen atoms in total. The summed E-state index contributed by atoms with van der Waals surface area (Å²) in [6, 6.07) is 10.5. The molecule has 3 heterocycles. The van der Waals surface area contributed by atoms with Crippen molar-refractivity contribution in [1.82, 2.24) is 14.2 Å². The summed E-state index contributed by atoms with van der Waals surface area (Å²) in [6.07, 6.45) is 7.33. The molecule has 2 aromatic carbocycles.